The van der Waals surface area contributed by atoms with Gasteiger partial charge in [0, 0.05) is 10.0 Å². The molecule has 0 bridgehead atoms. The van der Waals surface area contributed by atoms with E-state index in [-0.39, 0.29) is 6.04 Å². The molecule has 84 valence electrons. The van der Waals surface area contributed by atoms with Gasteiger partial charge in [0.25, 0.3) is 0 Å². The average molecular weight is 282 g/mol. The molecule has 0 aliphatic carbocycles. The van der Waals surface area contributed by atoms with Crippen molar-refractivity contribution in [3.8, 4) is 11.4 Å². The van der Waals surface area contributed by atoms with Gasteiger partial charge in [0.2, 0.25) is 11.7 Å². The molecular formula is C11H12BrN3O. The maximum absolute atomic E-state index is 5.17. The summed E-state index contributed by atoms with van der Waals surface area (Å²) < 4.78 is 6.20. The van der Waals surface area contributed by atoms with Crippen LogP contribution in [0.15, 0.2) is 33.3 Å². The molecule has 1 aromatic heterocycles. The number of nitrogens with one attached hydrogen (secondary N) is 1. The average Bonchev–Trinajstić information content (AvgIpc) is 2.78. The van der Waals surface area contributed by atoms with Crippen molar-refractivity contribution in [2.24, 2.45) is 0 Å². The van der Waals surface area contributed by atoms with E-state index >= 15 is 0 Å². The third-order valence-electron chi connectivity index (χ3n) is 2.35. The van der Waals surface area contributed by atoms with Gasteiger partial charge in [-0.3, -0.25) is 0 Å². The van der Waals surface area contributed by atoms with Gasteiger partial charge in [-0.25, -0.2) is 0 Å². The molecule has 1 N–H and O–H groups in total. The largest absolute Gasteiger partial charge is 0.337 e. The number of halogens is 1. The van der Waals surface area contributed by atoms with Crippen LogP contribution in [0.1, 0.15) is 18.9 Å². The lowest BCUT2D eigenvalue weighted by Crippen LogP contribution is -2.12. The molecule has 2 aromatic rings. The Morgan fingerprint density at radius 2 is 2.00 bits per heavy atom. The molecule has 0 saturated heterocycles. The van der Waals surface area contributed by atoms with Gasteiger partial charge < -0.3 is 9.84 Å². The van der Waals surface area contributed by atoms with E-state index < -0.39 is 0 Å². The summed E-state index contributed by atoms with van der Waals surface area (Å²) in [5.74, 6) is 1.21. The Morgan fingerprint density at radius 3 is 2.62 bits per heavy atom. The highest BCUT2D eigenvalue weighted by Gasteiger charge is 2.12. The van der Waals surface area contributed by atoms with Gasteiger partial charge in [0.1, 0.15) is 0 Å². The molecule has 1 heterocycles. The first-order chi connectivity index (χ1) is 7.70. The lowest BCUT2D eigenvalue weighted by molar-refractivity contribution is 0.347. The Kier molecular flexibility index (Phi) is 3.36. The van der Waals surface area contributed by atoms with Crippen molar-refractivity contribution < 1.29 is 4.52 Å². The van der Waals surface area contributed by atoms with Gasteiger partial charge in [0.15, 0.2) is 0 Å². The van der Waals surface area contributed by atoms with Crippen LogP contribution >= 0.6 is 15.9 Å². The molecule has 0 radical (unpaired) electrons. The van der Waals surface area contributed by atoms with Crippen molar-refractivity contribution in [3.63, 3.8) is 0 Å². The van der Waals surface area contributed by atoms with E-state index in [2.05, 4.69) is 31.4 Å². The summed E-state index contributed by atoms with van der Waals surface area (Å²) in [4.78, 5) is 4.33. The van der Waals surface area contributed by atoms with Crippen LogP contribution in [-0.4, -0.2) is 17.2 Å². The van der Waals surface area contributed by atoms with Crippen LogP contribution < -0.4 is 5.32 Å². The minimum Gasteiger partial charge on any atom is -0.337 e. The van der Waals surface area contributed by atoms with E-state index in [0.717, 1.165) is 10.0 Å². The van der Waals surface area contributed by atoms with Crippen molar-refractivity contribution in [2.75, 3.05) is 7.05 Å². The number of rotatable bonds is 3. The fourth-order valence-electron chi connectivity index (χ4n) is 1.25. The van der Waals surface area contributed by atoms with Gasteiger partial charge in [0.05, 0.1) is 6.04 Å². The summed E-state index contributed by atoms with van der Waals surface area (Å²) in [6.07, 6.45) is 0. The first kappa shape index (κ1) is 11.3. The van der Waals surface area contributed by atoms with E-state index in [0.29, 0.717) is 11.7 Å². The molecule has 0 spiro atoms. The zero-order valence-electron chi connectivity index (χ0n) is 9.07. The van der Waals surface area contributed by atoms with E-state index in [1.807, 2.05) is 38.2 Å². The van der Waals surface area contributed by atoms with Crippen LogP contribution in [0.4, 0.5) is 0 Å². The molecule has 2 rings (SSSR count). The van der Waals surface area contributed by atoms with Crippen molar-refractivity contribution >= 4 is 15.9 Å². The Labute approximate surface area is 102 Å². The van der Waals surface area contributed by atoms with Crippen LogP contribution in [-0.2, 0) is 0 Å². The van der Waals surface area contributed by atoms with Crippen molar-refractivity contribution in [2.45, 2.75) is 13.0 Å². The SMILES string of the molecule is CNC(C)c1nc(-c2ccc(Br)cc2)no1. The Balaban J connectivity index is 2.28. The number of benzene rings is 1. The molecule has 1 atom stereocenters. The molecule has 1 aromatic carbocycles. The summed E-state index contributed by atoms with van der Waals surface area (Å²) in [6, 6.07) is 7.86. The minimum absolute atomic E-state index is 0.0664. The third-order valence-corrected chi connectivity index (χ3v) is 2.88. The predicted octanol–water partition coefficient (Wildman–Crippen LogP) is 2.78. The summed E-state index contributed by atoms with van der Waals surface area (Å²) >= 11 is 3.38. The van der Waals surface area contributed by atoms with Crippen LogP contribution in [0.2, 0.25) is 0 Å². The second kappa shape index (κ2) is 4.76. The smallest absolute Gasteiger partial charge is 0.243 e. The quantitative estimate of drug-likeness (QED) is 0.940. The number of nitrogens with zero attached hydrogens (tertiary/aromatic N) is 2. The van der Waals surface area contributed by atoms with Crippen LogP contribution in [0.25, 0.3) is 11.4 Å². The normalized spacial score (nSPS) is 12.7. The topological polar surface area (TPSA) is 51.0 Å². The second-order valence-electron chi connectivity index (χ2n) is 3.47. The third kappa shape index (κ3) is 2.31. The fraction of sp³-hybridized carbons (Fsp3) is 0.273. The van der Waals surface area contributed by atoms with E-state index in [9.17, 15) is 0 Å². The molecule has 0 saturated carbocycles. The van der Waals surface area contributed by atoms with Gasteiger partial charge in [-0.2, -0.15) is 4.98 Å². The molecule has 0 amide bonds. The number of aromatic nitrogens is 2. The summed E-state index contributed by atoms with van der Waals surface area (Å²) in [7, 11) is 1.86. The highest BCUT2D eigenvalue weighted by molar-refractivity contribution is 9.10. The fourth-order valence-corrected chi connectivity index (χ4v) is 1.52. The maximum Gasteiger partial charge on any atom is 0.243 e. The molecule has 4 nitrogen and oxygen atoms in total. The Hall–Kier alpha value is -1.20. The zero-order valence-corrected chi connectivity index (χ0v) is 10.7. The molecular weight excluding hydrogens is 270 g/mol. The zero-order chi connectivity index (χ0) is 11.5. The summed E-state index contributed by atoms with van der Waals surface area (Å²) in [5.41, 5.74) is 0.946. The maximum atomic E-state index is 5.17. The van der Waals surface area contributed by atoms with Crippen molar-refractivity contribution in [1.29, 1.82) is 0 Å². The van der Waals surface area contributed by atoms with Gasteiger partial charge >= 0.3 is 0 Å². The Morgan fingerprint density at radius 1 is 1.31 bits per heavy atom. The van der Waals surface area contributed by atoms with Crippen molar-refractivity contribution in [1.82, 2.24) is 15.5 Å². The predicted molar refractivity (Wildman–Crippen MR) is 64.9 cm³/mol. The summed E-state index contributed by atoms with van der Waals surface area (Å²) in [5, 5.41) is 7.00. The van der Waals surface area contributed by atoms with Gasteiger partial charge in [-0.05, 0) is 38.2 Å². The first-order valence-corrected chi connectivity index (χ1v) is 5.77. The minimum atomic E-state index is 0.0664. The lowest BCUT2D eigenvalue weighted by atomic mass is 10.2. The Bertz CT molecular complexity index is 466. The molecule has 0 aliphatic heterocycles. The van der Waals surface area contributed by atoms with Crippen molar-refractivity contribution in [3.05, 3.63) is 34.6 Å². The van der Waals surface area contributed by atoms with E-state index in [1.54, 1.807) is 0 Å². The number of hydrogen-bond donors (Lipinski definition) is 1. The van der Waals surface area contributed by atoms with E-state index in [4.69, 9.17) is 4.52 Å². The molecule has 16 heavy (non-hydrogen) atoms. The highest BCUT2D eigenvalue weighted by Crippen LogP contribution is 2.20. The first-order valence-electron chi connectivity index (χ1n) is 4.97. The van der Waals surface area contributed by atoms with Gasteiger partial charge in [-0.15, -0.1) is 0 Å². The summed E-state index contributed by atoms with van der Waals surface area (Å²) in [6.45, 7) is 1.97. The van der Waals surface area contributed by atoms with Gasteiger partial charge in [-0.1, -0.05) is 21.1 Å². The second-order valence-corrected chi connectivity index (χ2v) is 4.39. The molecule has 0 aliphatic rings. The number of hydrogen-bond acceptors (Lipinski definition) is 4. The monoisotopic (exact) mass is 281 g/mol. The highest BCUT2D eigenvalue weighted by atomic mass is 79.9. The standard InChI is InChI=1S/C11H12BrN3O/c1-7(13-2)11-14-10(15-16-11)8-3-5-9(12)6-4-8/h3-7,13H,1-2H3. The molecule has 0 fully saturated rings. The van der Waals surface area contributed by atoms with E-state index in [1.165, 1.54) is 0 Å². The molecule has 1 unspecified atom stereocenters. The molecule has 5 heteroatoms. The lowest BCUT2D eigenvalue weighted by Gasteiger charge is -2.01. The van der Waals surface area contributed by atoms with Crippen LogP contribution in [0, 0.1) is 0 Å². The van der Waals surface area contributed by atoms with Crippen LogP contribution in [0.3, 0.4) is 0 Å². The van der Waals surface area contributed by atoms with Crippen LogP contribution in [0.5, 0.6) is 0 Å².